The molecule has 130 valence electrons. The van der Waals surface area contributed by atoms with Gasteiger partial charge in [-0.05, 0) is 29.7 Å². The molecule has 5 heteroatoms. The maximum Gasteiger partial charge on any atom is 0.270 e. The third-order valence-electron chi connectivity index (χ3n) is 4.23. The summed E-state index contributed by atoms with van der Waals surface area (Å²) in [5.74, 6) is -0.356. The number of carbonyl (C=O) groups is 1. The van der Waals surface area contributed by atoms with E-state index in [1.165, 1.54) is 18.2 Å². The fourth-order valence-corrected chi connectivity index (χ4v) is 2.87. The van der Waals surface area contributed by atoms with Crippen LogP contribution in [0.4, 0.5) is 5.69 Å². The summed E-state index contributed by atoms with van der Waals surface area (Å²) in [6.07, 6.45) is 0. The van der Waals surface area contributed by atoms with Crippen molar-refractivity contribution in [2.75, 3.05) is 0 Å². The van der Waals surface area contributed by atoms with Crippen LogP contribution in [0.2, 0.25) is 0 Å². The smallest absolute Gasteiger partial charge is 0.270 e. The van der Waals surface area contributed by atoms with Crippen LogP contribution >= 0.6 is 0 Å². The molecule has 3 aromatic rings. The van der Waals surface area contributed by atoms with Gasteiger partial charge in [-0.3, -0.25) is 14.9 Å². The zero-order chi connectivity index (χ0) is 18.5. The van der Waals surface area contributed by atoms with Crippen molar-refractivity contribution in [2.24, 2.45) is 0 Å². The Kier molecular flexibility index (Phi) is 5.08. The first-order valence-electron chi connectivity index (χ1n) is 8.22. The summed E-state index contributed by atoms with van der Waals surface area (Å²) in [5, 5.41) is 14.0. The summed E-state index contributed by atoms with van der Waals surface area (Å²) in [6, 6.07) is 22.9. The molecule has 1 unspecified atom stereocenters. The van der Waals surface area contributed by atoms with Crippen molar-refractivity contribution in [3.8, 4) is 0 Å². The van der Waals surface area contributed by atoms with E-state index >= 15 is 0 Å². The number of hydrogen-bond donors (Lipinski definition) is 1. The molecular formula is C21H18N2O3. The molecule has 0 aliphatic heterocycles. The van der Waals surface area contributed by atoms with E-state index in [-0.39, 0.29) is 23.2 Å². The van der Waals surface area contributed by atoms with E-state index < -0.39 is 4.92 Å². The highest BCUT2D eigenvalue weighted by atomic mass is 16.6. The SMILES string of the molecule is Cc1ccccc1C(NC(=O)c1cccc([N+](=O)[O-])c1)c1ccccc1. The number of amides is 1. The Morgan fingerprint density at radius 1 is 0.962 bits per heavy atom. The molecule has 0 aliphatic rings. The minimum atomic E-state index is -0.507. The Morgan fingerprint density at radius 3 is 2.35 bits per heavy atom. The first-order valence-corrected chi connectivity index (χ1v) is 8.22. The second-order valence-corrected chi connectivity index (χ2v) is 5.98. The van der Waals surface area contributed by atoms with E-state index in [0.717, 1.165) is 16.7 Å². The highest BCUT2D eigenvalue weighted by molar-refractivity contribution is 5.95. The normalized spacial score (nSPS) is 11.6. The molecule has 0 fully saturated rings. The van der Waals surface area contributed by atoms with Crippen LogP contribution in [0.15, 0.2) is 78.9 Å². The van der Waals surface area contributed by atoms with Crippen LogP contribution in [-0.2, 0) is 0 Å². The van der Waals surface area contributed by atoms with Crippen molar-refractivity contribution in [1.82, 2.24) is 5.32 Å². The summed E-state index contributed by atoms with van der Waals surface area (Å²) in [5.41, 5.74) is 3.14. The van der Waals surface area contributed by atoms with Crippen LogP contribution in [0.25, 0.3) is 0 Å². The molecule has 0 bridgehead atoms. The number of carbonyl (C=O) groups excluding carboxylic acids is 1. The second-order valence-electron chi connectivity index (χ2n) is 5.98. The number of nitrogens with zero attached hydrogens (tertiary/aromatic N) is 1. The molecule has 0 spiro atoms. The zero-order valence-corrected chi connectivity index (χ0v) is 14.3. The molecule has 26 heavy (non-hydrogen) atoms. The topological polar surface area (TPSA) is 72.2 Å². The van der Waals surface area contributed by atoms with Gasteiger partial charge >= 0.3 is 0 Å². The van der Waals surface area contributed by atoms with Crippen LogP contribution in [0.5, 0.6) is 0 Å². The molecule has 0 aromatic heterocycles. The average Bonchev–Trinajstić information content (AvgIpc) is 2.67. The van der Waals surface area contributed by atoms with E-state index in [1.54, 1.807) is 6.07 Å². The largest absolute Gasteiger partial charge is 0.341 e. The molecule has 3 rings (SSSR count). The summed E-state index contributed by atoms with van der Waals surface area (Å²) in [4.78, 5) is 23.2. The van der Waals surface area contributed by atoms with Crippen molar-refractivity contribution >= 4 is 11.6 Å². The van der Waals surface area contributed by atoms with Gasteiger partial charge < -0.3 is 5.32 Å². The molecule has 0 aliphatic carbocycles. The molecule has 1 amide bonds. The first-order chi connectivity index (χ1) is 12.6. The lowest BCUT2D eigenvalue weighted by molar-refractivity contribution is -0.384. The standard InChI is InChI=1S/C21H18N2O3/c1-15-8-5-6-13-19(15)20(16-9-3-2-4-10-16)22-21(24)17-11-7-12-18(14-17)23(25)26/h2-14,20H,1H3,(H,22,24). The Bertz CT molecular complexity index is 939. The molecule has 1 N–H and O–H groups in total. The molecule has 0 heterocycles. The fourth-order valence-electron chi connectivity index (χ4n) is 2.87. The lowest BCUT2D eigenvalue weighted by Gasteiger charge is -2.21. The van der Waals surface area contributed by atoms with Crippen LogP contribution < -0.4 is 5.32 Å². The van der Waals surface area contributed by atoms with Gasteiger partial charge in [-0.2, -0.15) is 0 Å². The molecule has 1 atom stereocenters. The lowest BCUT2D eigenvalue weighted by Crippen LogP contribution is -2.29. The molecule has 0 saturated carbocycles. The lowest BCUT2D eigenvalue weighted by atomic mass is 9.94. The Labute approximate surface area is 151 Å². The van der Waals surface area contributed by atoms with E-state index in [2.05, 4.69) is 5.32 Å². The van der Waals surface area contributed by atoms with Gasteiger partial charge in [0.25, 0.3) is 11.6 Å². The van der Waals surface area contributed by atoms with Crippen molar-refractivity contribution in [2.45, 2.75) is 13.0 Å². The van der Waals surface area contributed by atoms with Crippen molar-refractivity contribution < 1.29 is 9.72 Å². The van der Waals surface area contributed by atoms with Crippen molar-refractivity contribution in [3.63, 3.8) is 0 Å². The summed E-state index contributed by atoms with van der Waals surface area (Å²) in [6.45, 7) is 1.99. The van der Waals surface area contributed by atoms with E-state index in [0.29, 0.717) is 0 Å². The summed E-state index contributed by atoms with van der Waals surface area (Å²) < 4.78 is 0. The number of aryl methyl sites for hydroxylation is 1. The number of rotatable bonds is 5. The monoisotopic (exact) mass is 346 g/mol. The Balaban J connectivity index is 1.96. The average molecular weight is 346 g/mol. The number of nitrogens with one attached hydrogen (secondary N) is 1. The Morgan fingerprint density at radius 2 is 1.65 bits per heavy atom. The minimum absolute atomic E-state index is 0.107. The van der Waals surface area contributed by atoms with E-state index in [1.807, 2.05) is 61.5 Å². The number of benzene rings is 3. The van der Waals surface area contributed by atoms with Gasteiger partial charge in [-0.25, -0.2) is 0 Å². The Hall–Kier alpha value is -3.47. The van der Waals surface area contributed by atoms with Gasteiger partial charge in [-0.15, -0.1) is 0 Å². The molecule has 5 nitrogen and oxygen atoms in total. The molecule has 0 radical (unpaired) electrons. The van der Waals surface area contributed by atoms with E-state index in [4.69, 9.17) is 0 Å². The van der Waals surface area contributed by atoms with Crippen LogP contribution in [0.1, 0.15) is 33.1 Å². The summed E-state index contributed by atoms with van der Waals surface area (Å²) >= 11 is 0. The fraction of sp³-hybridized carbons (Fsp3) is 0.0952. The van der Waals surface area contributed by atoms with E-state index in [9.17, 15) is 14.9 Å². The third-order valence-corrected chi connectivity index (χ3v) is 4.23. The van der Waals surface area contributed by atoms with Crippen LogP contribution in [-0.4, -0.2) is 10.8 Å². The maximum atomic E-state index is 12.8. The first kappa shape index (κ1) is 17.4. The quantitative estimate of drug-likeness (QED) is 0.549. The number of nitro benzene ring substituents is 1. The number of hydrogen-bond acceptors (Lipinski definition) is 3. The van der Waals surface area contributed by atoms with Gasteiger partial charge in [0.05, 0.1) is 11.0 Å². The van der Waals surface area contributed by atoms with Gasteiger partial charge in [0.15, 0.2) is 0 Å². The predicted molar refractivity (Wildman–Crippen MR) is 100 cm³/mol. The van der Waals surface area contributed by atoms with Gasteiger partial charge in [0.1, 0.15) is 0 Å². The van der Waals surface area contributed by atoms with Crippen molar-refractivity contribution in [1.29, 1.82) is 0 Å². The molecule has 0 saturated heterocycles. The number of nitro groups is 1. The molecule has 3 aromatic carbocycles. The zero-order valence-electron chi connectivity index (χ0n) is 14.3. The van der Waals surface area contributed by atoms with Gasteiger partial charge in [-0.1, -0.05) is 60.7 Å². The van der Waals surface area contributed by atoms with Gasteiger partial charge in [0.2, 0.25) is 0 Å². The maximum absolute atomic E-state index is 12.8. The van der Waals surface area contributed by atoms with Gasteiger partial charge in [0, 0.05) is 17.7 Å². The second kappa shape index (κ2) is 7.61. The highest BCUT2D eigenvalue weighted by Gasteiger charge is 2.20. The highest BCUT2D eigenvalue weighted by Crippen LogP contribution is 2.25. The van der Waals surface area contributed by atoms with Crippen molar-refractivity contribution in [3.05, 3.63) is 111 Å². The number of non-ortho nitro benzene ring substituents is 1. The predicted octanol–water partition coefficient (Wildman–Crippen LogP) is 4.42. The summed E-state index contributed by atoms with van der Waals surface area (Å²) in [7, 11) is 0. The third kappa shape index (κ3) is 3.78. The molecular weight excluding hydrogens is 328 g/mol. The van der Waals surface area contributed by atoms with Crippen LogP contribution in [0.3, 0.4) is 0 Å². The van der Waals surface area contributed by atoms with Crippen LogP contribution in [0, 0.1) is 17.0 Å². The minimum Gasteiger partial charge on any atom is -0.341 e.